The summed E-state index contributed by atoms with van der Waals surface area (Å²) in [4.78, 5) is 40.2. The summed E-state index contributed by atoms with van der Waals surface area (Å²) in [5.74, 6) is -1.74. The molecule has 1 N–H and O–H groups in total. The minimum Gasteiger partial charge on any atom is -0.480 e. The lowest BCUT2D eigenvalue weighted by Gasteiger charge is -2.27. The van der Waals surface area contributed by atoms with Gasteiger partial charge in [0.05, 0.1) is 5.92 Å². The van der Waals surface area contributed by atoms with Gasteiger partial charge in [-0.15, -0.1) is 0 Å². The SMILES string of the molecule is CC(C)N(CC(=O)O)C(=O)C1CC(=O)N(CCN(C)C)C1. The molecule has 7 nitrogen and oxygen atoms in total. The summed E-state index contributed by atoms with van der Waals surface area (Å²) in [7, 11) is 3.85. The number of carboxylic acid groups (broad SMARTS) is 1. The molecular weight excluding hydrogens is 274 g/mol. The fourth-order valence-corrected chi connectivity index (χ4v) is 2.37. The summed E-state index contributed by atoms with van der Waals surface area (Å²) in [6.45, 7) is 4.96. The number of carbonyl (C=O) groups is 3. The van der Waals surface area contributed by atoms with E-state index in [0.29, 0.717) is 13.1 Å². The van der Waals surface area contributed by atoms with Gasteiger partial charge in [-0.3, -0.25) is 14.4 Å². The highest BCUT2D eigenvalue weighted by Gasteiger charge is 2.37. The first-order chi connectivity index (χ1) is 9.72. The molecular formula is C14H25N3O4. The Morgan fingerprint density at radius 3 is 2.48 bits per heavy atom. The lowest BCUT2D eigenvalue weighted by atomic mass is 10.1. The highest BCUT2D eigenvalue weighted by atomic mass is 16.4. The van der Waals surface area contributed by atoms with Crippen molar-refractivity contribution in [1.29, 1.82) is 0 Å². The average molecular weight is 299 g/mol. The lowest BCUT2D eigenvalue weighted by Crippen LogP contribution is -2.44. The molecule has 0 saturated carbocycles. The molecule has 0 spiro atoms. The van der Waals surface area contributed by atoms with Crippen LogP contribution in [0.2, 0.25) is 0 Å². The zero-order valence-corrected chi connectivity index (χ0v) is 13.2. The number of hydrogen-bond acceptors (Lipinski definition) is 4. The molecule has 0 aromatic carbocycles. The van der Waals surface area contributed by atoms with Gasteiger partial charge in [0.15, 0.2) is 0 Å². The minimum atomic E-state index is -1.04. The highest BCUT2D eigenvalue weighted by Crippen LogP contribution is 2.21. The Morgan fingerprint density at radius 1 is 1.38 bits per heavy atom. The van der Waals surface area contributed by atoms with Crippen LogP contribution in [0.3, 0.4) is 0 Å². The van der Waals surface area contributed by atoms with Gasteiger partial charge in [-0.1, -0.05) is 0 Å². The normalized spacial score (nSPS) is 18.7. The predicted octanol–water partition coefficient (Wildman–Crippen LogP) is -0.282. The van der Waals surface area contributed by atoms with Crippen molar-refractivity contribution in [2.75, 3.05) is 40.3 Å². The maximum atomic E-state index is 12.4. The van der Waals surface area contributed by atoms with E-state index < -0.39 is 11.9 Å². The second-order valence-corrected chi connectivity index (χ2v) is 6.00. The van der Waals surface area contributed by atoms with E-state index in [2.05, 4.69) is 0 Å². The van der Waals surface area contributed by atoms with Crippen LogP contribution >= 0.6 is 0 Å². The fourth-order valence-electron chi connectivity index (χ4n) is 2.37. The summed E-state index contributed by atoms with van der Waals surface area (Å²) in [5, 5.41) is 8.90. The third-order valence-electron chi connectivity index (χ3n) is 3.59. The number of hydrogen-bond donors (Lipinski definition) is 1. The summed E-state index contributed by atoms with van der Waals surface area (Å²) < 4.78 is 0. The Bertz CT molecular complexity index is 409. The first-order valence-electron chi connectivity index (χ1n) is 7.17. The fraction of sp³-hybridized carbons (Fsp3) is 0.786. The molecule has 1 unspecified atom stereocenters. The van der Waals surface area contributed by atoms with Gasteiger partial charge >= 0.3 is 5.97 Å². The van der Waals surface area contributed by atoms with Gasteiger partial charge in [0.1, 0.15) is 6.54 Å². The van der Waals surface area contributed by atoms with Crippen molar-refractivity contribution < 1.29 is 19.5 Å². The Labute approximate surface area is 125 Å². The van der Waals surface area contributed by atoms with Crippen LogP contribution in [-0.4, -0.2) is 83.9 Å². The zero-order valence-electron chi connectivity index (χ0n) is 13.2. The molecule has 1 atom stereocenters. The maximum absolute atomic E-state index is 12.4. The number of aliphatic carboxylic acids is 1. The quantitative estimate of drug-likeness (QED) is 0.699. The Morgan fingerprint density at radius 2 is 2.00 bits per heavy atom. The minimum absolute atomic E-state index is 0.0331. The lowest BCUT2D eigenvalue weighted by molar-refractivity contribution is -0.147. The Hall–Kier alpha value is -1.63. The number of nitrogens with zero attached hydrogens (tertiary/aromatic N) is 3. The molecule has 1 heterocycles. The van der Waals surface area contributed by atoms with Gasteiger partial charge in [0, 0.05) is 32.1 Å². The molecule has 1 aliphatic heterocycles. The molecule has 7 heteroatoms. The van der Waals surface area contributed by atoms with Crippen molar-refractivity contribution in [2.45, 2.75) is 26.3 Å². The maximum Gasteiger partial charge on any atom is 0.323 e. The monoisotopic (exact) mass is 299 g/mol. The van der Waals surface area contributed by atoms with Crippen LogP contribution < -0.4 is 0 Å². The van der Waals surface area contributed by atoms with Gasteiger partial charge in [-0.25, -0.2) is 0 Å². The zero-order chi connectivity index (χ0) is 16.2. The van der Waals surface area contributed by atoms with Gasteiger partial charge in [0.25, 0.3) is 0 Å². The third kappa shape index (κ3) is 5.00. The average Bonchev–Trinajstić information content (AvgIpc) is 2.73. The smallest absolute Gasteiger partial charge is 0.323 e. The first kappa shape index (κ1) is 17.4. The highest BCUT2D eigenvalue weighted by molar-refractivity contribution is 5.90. The molecule has 1 aliphatic rings. The van der Waals surface area contributed by atoms with Gasteiger partial charge in [0.2, 0.25) is 11.8 Å². The van der Waals surface area contributed by atoms with E-state index in [1.807, 2.05) is 19.0 Å². The number of carboxylic acids is 1. The molecule has 0 aliphatic carbocycles. The van der Waals surface area contributed by atoms with Crippen molar-refractivity contribution >= 4 is 17.8 Å². The van der Waals surface area contributed by atoms with Crippen molar-refractivity contribution in [3.05, 3.63) is 0 Å². The van der Waals surface area contributed by atoms with Crippen molar-refractivity contribution in [2.24, 2.45) is 5.92 Å². The molecule has 0 aromatic rings. The van der Waals surface area contributed by atoms with Gasteiger partial charge in [-0.2, -0.15) is 0 Å². The second kappa shape index (κ2) is 7.40. The van der Waals surface area contributed by atoms with Crippen LogP contribution in [0.5, 0.6) is 0 Å². The largest absolute Gasteiger partial charge is 0.480 e. The van der Waals surface area contributed by atoms with E-state index in [1.165, 1.54) is 4.90 Å². The van der Waals surface area contributed by atoms with E-state index in [9.17, 15) is 14.4 Å². The number of amides is 2. The first-order valence-corrected chi connectivity index (χ1v) is 7.17. The van der Waals surface area contributed by atoms with Crippen molar-refractivity contribution in [3.8, 4) is 0 Å². The van der Waals surface area contributed by atoms with E-state index >= 15 is 0 Å². The Balaban J connectivity index is 2.66. The molecule has 120 valence electrons. The second-order valence-electron chi connectivity index (χ2n) is 6.00. The summed E-state index contributed by atoms with van der Waals surface area (Å²) >= 11 is 0. The Kier molecular flexibility index (Phi) is 6.14. The molecule has 0 aromatic heterocycles. The van der Waals surface area contributed by atoms with Crippen LogP contribution in [0.4, 0.5) is 0 Å². The van der Waals surface area contributed by atoms with Crippen LogP contribution in [0.25, 0.3) is 0 Å². The summed E-state index contributed by atoms with van der Waals surface area (Å²) in [5.41, 5.74) is 0. The molecule has 1 rings (SSSR count). The van der Waals surface area contributed by atoms with E-state index in [-0.39, 0.29) is 30.8 Å². The van der Waals surface area contributed by atoms with Crippen molar-refractivity contribution in [3.63, 3.8) is 0 Å². The predicted molar refractivity (Wildman–Crippen MR) is 77.7 cm³/mol. The van der Waals surface area contributed by atoms with E-state index in [4.69, 9.17) is 5.11 Å². The molecule has 1 saturated heterocycles. The standard InChI is InChI=1S/C14H25N3O4/c1-10(2)17(9-13(19)20)14(21)11-7-12(18)16(8-11)6-5-15(3)4/h10-11H,5-9H2,1-4H3,(H,19,20). The molecule has 2 amide bonds. The molecule has 0 bridgehead atoms. The van der Waals surface area contributed by atoms with Crippen molar-refractivity contribution in [1.82, 2.24) is 14.7 Å². The summed E-state index contributed by atoms with van der Waals surface area (Å²) in [6, 6.07) is -0.195. The molecule has 0 radical (unpaired) electrons. The molecule has 21 heavy (non-hydrogen) atoms. The van der Waals surface area contributed by atoms with E-state index in [0.717, 1.165) is 6.54 Å². The summed E-state index contributed by atoms with van der Waals surface area (Å²) in [6.07, 6.45) is 0.176. The third-order valence-corrected chi connectivity index (χ3v) is 3.59. The van der Waals surface area contributed by atoms with Crippen LogP contribution in [0.15, 0.2) is 0 Å². The topological polar surface area (TPSA) is 81.2 Å². The van der Waals surface area contributed by atoms with Gasteiger partial charge < -0.3 is 19.8 Å². The molecule has 1 fully saturated rings. The van der Waals surface area contributed by atoms with Crippen LogP contribution in [-0.2, 0) is 14.4 Å². The van der Waals surface area contributed by atoms with Gasteiger partial charge in [-0.05, 0) is 27.9 Å². The van der Waals surface area contributed by atoms with Crippen LogP contribution in [0.1, 0.15) is 20.3 Å². The number of likely N-dealkylation sites (N-methyl/N-ethyl adjacent to an activating group) is 1. The number of likely N-dealkylation sites (tertiary alicyclic amines) is 1. The number of carbonyl (C=O) groups excluding carboxylic acids is 2. The number of rotatable bonds is 7. The van der Waals surface area contributed by atoms with E-state index in [1.54, 1.807) is 18.7 Å². The van der Waals surface area contributed by atoms with Crippen LogP contribution in [0, 0.1) is 5.92 Å².